The van der Waals surface area contributed by atoms with Crippen molar-refractivity contribution in [1.82, 2.24) is 9.97 Å². The molecule has 11 nitrogen and oxygen atoms in total. The molecule has 2 aromatic heterocycles. The highest BCUT2D eigenvalue weighted by Gasteiger charge is 2.35. The van der Waals surface area contributed by atoms with Crippen LogP contribution < -0.4 is 20.7 Å². The Balaban J connectivity index is 1.56. The lowest BCUT2D eigenvalue weighted by atomic mass is 9.91. The number of methoxy groups -OCH3 is 1. The van der Waals surface area contributed by atoms with Gasteiger partial charge in [0.2, 0.25) is 0 Å². The van der Waals surface area contributed by atoms with E-state index in [-0.39, 0.29) is 11.6 Å². The van der Waals surface area contributed by atoms with Crippen molar-refractivity contribution in [1.29, 1.82) is 5.26 Å². The molecular formula is C29H26N6O5. The second-order valence-electron chi connectivity index (χ2n) is 9.44. The van der Waals surface area contributed by atoms with E-state index in [1.165, 1.54) is 36.7 Å². The van der Waals surface area contributed by atoms with Crippen molar-refractivity contribution in [3.63, 3.8) is 0 Å². The lowest BCUT2D eigenvalue weighted by molar-refractivity contribution is -0.136. The number of hydrogen-bond donors (Lipinski definition) is 2. The first-order chi connectivity index (χ1) is 19.1. The molecule has 0 saturated carbocycles. The number of nitriles is 1. The summed E-state index contributed by atoms with van der Waals surface area (Å²) in [5.74, 6) is -1.44. The largest absolute Gasteiger partial charge is 0.496 e. The maximum atomic E-state index is 13.1. The van der Waals surface area contributed by atoms with Crippen LogP contribution in [-0.4, -0.2) is 40.3 Å². The second kappa shape index (κ2) is 11.5. The third-order valence-electron chi connectivity index (χ3n) is 6.15. The van der Waals surface area contributed by atoms with Gasteiger partial charge in [-0.25, -0.2) is 9.97 Å². The molecule has 0 aliphatic heterocycles. The standard InChI is InChI=1S/C29H26N6O5/c1-29(2,13-18-4-7-20(8-5-18)34-27(37)19-6-9-21(14-30)33-15-19)35(28(38)26(31)36)22-10-11-23(24(12-22)39-3)25-16-32-17-40-25/h4-12,15-17H,13H2,1-3H3,(H2,31,36)(H,34,37). The van der Waals surface area contributed by atoms with Crippen LogP contribution in [0.1, 0.15) is 35.5 Å². The Labute approximate surface area is 230 Å². The third-order valence-corrected chi connectivity index (χ3v) is 6.15. The first kappa shape index (κ1) is 27.5. The van der Waals surface area contributed by atoms with E-state index >= 15 is 0 Å². The average molecular weight is 539 g/mol. The predicted molar refractivity (Wildman–Crippen MR) is 146 cm³/mol. The van der Waals surface area contributed by atoms with Gasteiger partial charge < -0.3 is 20.2 Å². The van der Waals surface area contributed by atoms with Gasteiger partial charge in [-0.1, -0.05) is 12.1 Å². The number of nitrogens with two attached hydrogens (primary N) is 1. The first-order valence-corrected chi connectivity index (χ1v) is 12.1. The van der Waals surface area contributed by atoms with Crippen LogP contribution in [0.15, 0.2) is 77.8 Å². The quantitative estimate of drug-likeness (QED) is 0.321. The van der Waals surface area contributed by atoms with Gasteiger partial charge in [0.25, 0.3) is 5.91 Å². The van der Waals surface area contributed by atoms with E-state index in [0.717, 1.165) is 5.56 Å². The maximum absolute atomic E-state index is 13.1. The van der Waals surface area contributed by atoms with Crippen LogP contribution in [0.5, 0.6) is 5.75 Å². The molecule has 4 aromatic rings. The van der Waals surface area contributed by atoms with Crippen molar-refractivity contribution in [3.05, 3.63) is 90.2 Å². The Kier molecular flexibility index (Phi) is 7.91. The number of aromatic nitrogens is 2. The van der Waals surface area contributed by atoms with Crippen molar-refractivity contribution >= 4 is 29.1 Å². The van der Waals surface area contributed by atoms with E-state index in [1.807, 2.05) is 32.0 Å². The van der Waals surface area contributed by atoms with E-state index < -0.39 is 17.4 Å². The molecule has 3 N–H and O–H groups in total. The SMILES string of the molecule is COc1cc(N(C(=O)C(N)=O)C(C)(C)Cc2ccc(NC(=O)c3ccc(C#N)nc3)cc2)ccc1-c1cnco1. The molecule has 0 spiro atoms. The molecule has 202 valence electrons. The van der Waals surface area contributed by atoms with Crippen molar-refractivity contribution in [2.75, 3.05) is 17.3 Å². The zero-order valence-corrected chi connectivity index (χ0v) is 22.0. The van der Waals surface area contributed by atoms with E-state index in [4.69, 9.17) is 20.1 Å². The van der Waals surface area contributed by atoms with Gasteiger partial charge in [-0.3, -0.25) is 19.3 Å². The summed E-state index contributed by atoms with van der Waals surface area (Å²) in [5, 5.41) is 11.7. The zero-order chi connectivity index (χ0) is 28.9. The lowest BCUT2D eigenvalue weighted by Crippen LogP contribution is -2.53. The highest BCUT2D eigenvalue weighted by atomic mass is 16.5. The summed E-state index contributed by atoms with van der Waals surface area (Å²) in [7, 11) is 1.49. The monoisotopic (exact) mass is 538 g/mol. The smallest absolute Gasteiger partial charge is 0.316 e. The molecule has 0 saturated heterocycles. The Morgan fingerprint density at radius 2 is 1.85 bits per heavy atom. The number of carbonyl (C=O) groups is 3. The van der Waals surface area contributed by atoms with Crippen LogP contribution in [0.25, 0.3) is 11.3 Å². The number of primary amides is 1. The third kappa shape index (κ3) is 5.97. The molecule has 40 heavy (non-hydrogen) atoms. The Hall–Kier alpha value is -5.50. The van der Waals surface area contributed by atoms with E-state index in [2.05, 4.69) is 15.3 Å². The maximum Gasteiger partial charge on any atom is 0.316 e. The fourth-order valence-corrected chi connectivity index (χ4v) is 4.31. The molecule has 3 amide bonds. The second-order valence-corrected chi connectivity index (χ2v) is 9.44. The van der Waals surface area contributed by atoms with Crippen molar-refractivity contribution in [2.24, 2.45) is 5.73 Å². The summed E-state index contributed by atoms with van der Waals surface area (Å²) < 4.78 is 10.9. The van der Waals surface area contributed by atoms with Crippen molar-refractivity contribution in [3.8, 4) is 23.1 Å². The minimum absolute atomic E-state index is 0.219. The summed E-state index contributed by atoms with van der Waals surface area (Å²) in [5.41, 5.74) is 7.49. The number of carbonyl (C=O) groups excluding carboxylic acids is 3. The summed E-state index contributed by atoms with van der Waals surface area (Å²) in [6.07, 6.45) is 4.53. The van der Waals surface area contributed by atoms with E-state index in [0.29, 0.717) is 40.4 Å². The highest BCUT2D eigenvalue weighted by molar-refractivity contribution is 6.40. The molecule has 2 aromatic carbocycles. The van der Waals surface area contributed by atoms with Gasteiger partial charge >= 0.3 is 11.8 Å². The molecule has 0 bridgehead atoms. The summed E-state index contributed by atoms with van der Waals surface area (Å²) in [4.78, 5) is 46.8. The number of nitrogens with zero attached hydrogens (tertiary/aromatic N) is 4. The number of amides is 3. The van der Waals surface area contributed by atoms with E-state index in [1.54, 1.807) is 36.5 Å². The zero-order valence-electron chi connectivity index (χ0n) is 22.0. The Morgan fingerprint density at radius 3 is 2.42 bits per heavy atom. The van der Waals surface area contributed by atoms with Crippen LogP contribution in [-0.2, 0) is 16.0 Å². The fraction of sp³-hybridized carbons (Fsp3) is 0.172. The number of hydrogen-bond acceptors (Lipinski definition) is 8. The molecule has 0 aliphatic rings. The van der Waals surface area contributed by atoms with Gasteiger partial charge in [0, 0.05) is 29.2 Å². The topological polar surface area (TPSA) is 164 Å². The fourth-order valence-electron chi connectivity index (χ4n) is 4.31. The molecule has 11 heteroatoms. The average Bonchev–Trinajstić information content (AvgIpc) is 3.48. The minimum Gasteiger partial charge on any atom is -0.496 e. The molecule has 2 heterocycles. The Morgan fingerprint density at radius 1 is 1.10 bits per heavy atom. The molecule has 0 fully saturated rings. The normalized spacial score (nSPS) is 10.8. The highest BCUT2D eigenvalue weighted by Crippen LogP contribution is 2.36. The Bertz CT molecular complexity index is 1570. The van der Waals surface area contributed by atoms with Crippen LogP contribution in [0.3, 0.4) is 0 Å². The van der Waals surface area contributed by atoms with Crippen LogP contribution >= 0.6 is 0 Å². The number of oxazole rings is 1. The summed E-state index contributed by atoms with van der Waals surface area (Å²) in [6.45, 7) is 3.64. The van der Waals surface area contributed by atoms with Crippen LogP contribution in [0.4, 0.5) is 11.4 Å². The number of rotatable bonds is 8. The summed E-state index contributed by atoms with van der Waals surface area (Å²) >= 11 is 0. The molecule has 4 rings (SSSR count). The number of anilines is 2. The molecular weight excluding hydrogens is 512 g/mol. The minimum atomic E-state index is -1.10. The van der Waals surface area contributed by atoms with Gasteiger partial charge in [0.05, 0.1) is 24.4 Å². The molecule has 0 radical (unpaired) electrons. The summed E-state index contributed by atoms with van der Waals surface area (Å²) in [6, 6.07) is 17.0. The molecule has 0 aliphatic carbocycles. The number of benzene rings is 2. The predicted octanol–water partition coefficient (Wildman–Crippen LogP) is 3.71. The van der Waals surface area contributed by atoms with Gasteiger partial charge in [-0.05, 0) is 62.2 Å². The number of pyridine rings is 1. The van der Waals surface area contributed by atoms with Gasteiger partial charge in [-0.2, -0.15) is 5.26 Å². The number of ether oxygens (including phenoxy) is 1. The van der Waals surface area contributed by atoms with Gasteiger partial charge in [0.1, 0.15) is 17.5 Å². The van der Waals surface area contributed by atoms with Gasteiger partial charge in [0.15, 0.2) is 12.2 Å². The molecule has 0 atom stereocenters. The van der Waals surface area contributed by atoms with Gasteiger partial charge in [-0.15, -0.1) is 0 Å². The van der Waals surface area contributed by atoms with Crippen LogP contribution in [0.2, 0.25) is 0 Å². The van der Waals surface area contributed by atoms with Crippen LogP contribution in [0, 0.1) is 11.3 Å². The number of nitrogens with one attached hydrogen (secondary N) is 1. The molecule has 0 unspecified atom stereocenters. The van der Waals surface area contributed by atoms with Crippen molar-refractivity contribution < 1.29 is 23.5 Å². The van der Waals surface area contributed by atoms with E-state index in [9.17, 15) is 14.4 Å². The first-order valence-electron chi connectivity index (χ1n) is 12.1. The van der Waals surface area contributed by atoms with Crippen molar-refractivity contribution in [2.45, 2.75) is 25.8 Å². The lowest BCUT2D eigenvalue weighted by Gasteiger charge is -2.38.